The summed E-state index contributed by atoms with van der Waals surface area (Å²) in [4.78, 5) is 0. The maximum atomic E-state index is 5.91. The van der Waals surface area contributed by atoms with E-state index in [1.807, 2.05) is 0 Å². The minimum absolute atomic E-state index is 0.448. The Kier molecular flexibility index (Phi) is 4.65. The summed E-state index contributed by atoms with van der Waals surface area (Å²) in [5, 5.41) is 3.76. The monoisotopic (exact) mass is 247 g/mol. The molecule has 0 aliphatic carbocycles. The van der Waals surface area contributed by atoms with Crippen LogP contribution in [0, 0.1) is 6.92 Å². The van der Waals surface area contributed by atoms with E-state index >= 15 is 0 Å². The first kappa shape index (κ1) is 13.4. The van der Waals surface area contributed by atoms with Crippen molar-refractivity contribution in [3.63, 3.8) is 0 Å². The zero-order valence-corrected chi connectivity index (χ0v) is 11.8. The zero-order valence-electron chi connectivity index (χ0n) is 11.8. The molecule has 0 bridgehead atoms. The molecule has 1 aromatic rings. The van der Waals surface area contributed by atoms with Crippen molar-refractivity contribution >= 4 is 0 Å². The lowest BCUT2D eigenvalue weighted by molar-refractivity contribution is 0.312. The van der Waals surface area contributed by atoms with Crippen LogP contribution in [-0.4, -0.2) is 12.6 Å². The quantitative estimate of drug-likeness (QED) is 0.868. The Morgan fingerprint density at radius 2 is 2.28 bits per heavy atom. The Labute approximate surface area is 111 Å². The van der Waals surface area contributed by atoms with Gasteiger partial charge in [0.25, 0.3) is 0 Å². The first-order valence-electron chi connectivity index (χ1n) is 7.20. The lowest BCUT2D eigenvalue weighted by atomic mass is 9.98. The molecule has 1 heterocycles. The van der Waals surface area contributed by atoms with Crippen LogP contribution in [0.1, 0.15) is 56.7 Å². The molecule has 0 fully saturated rings. The highest BCUT2D eigenvalue weighted by molar-refractivity contribution is 5.43. The molecule has 1 aliphatic rings. The number of nitrogens with one attached hydrogen (secondary N) is 1. The van der Waals surface area contributed by atoms with Gasteiger partial charge in [0, 0.05) is 17.6 Å². The summed E-state index contributed by atoms with van der Waals surface area (Å²) in [7, 11) is 0. The van der Waals surface area contributed by atoms with Crippen molar-refractivity contribution in [2.45, 2.75) is 58.5 Å². The van der Waals surface area contributed by atoms with Crippen molar-refractivity contribution in [1.82, 2.24) is 5.32 Å². The predicted molar refractivity (Wildman–Crippen MR) is 76.2 cm³/mol. The van der Waals surface area contributed by atoms with Gasteiger partial charge in [-0.2, -0.15) is 0 Å². The molecule has 100 valence electrons. The lowest BCUT2D eigenvalue weighted by Gasteiger charge is -2.23. The molecule has 1 N–H and O–H groups in total. The van der Waals surface area contributed by atoms with Gasteiger partial charge in [-0.05, 0) is 38.7 Å². The van der Waals surface area contributed by atoms with E-state index in [0.717, 1.165) is 18.8 Å². The SMILES string of the molecule is CCCC(C)NC1CCCOc2c(C)cccc21. The Hall–Kier alpha value is -1.02. The highest BCUT2D eigenvalue weighted by Gasteiger charge is 2.21. The molecule has 0 spiro atoms. The second-order valence-electron chi connectivity index (χ2n) is 5.39. The molecule has 1 aliphatic heterocycles. The van der Waals surface area contributed by atoms with E-state index in [-0.39, 0.29) is 0 Å². The number of hydrogen-bond acceptors (Lipinski definition) is 2. The first-order chi connectivity index (χ1) is 8.72. The Morgan fingerprint density at radius 1 is 1.44 bits per heavy atom. The van der Waals surface area contributed by atoms with Crippen LogP contribution in [0.25, 0.3) is 0 Å². The summed E-state index contributed by atoms with van der Waals surface area (Å²) < 4.78 is 5.91. The summed E-state index contributed by atoms with van der Waals surface area (Å²) in [5.74, 6) is 1.11. The maximum absolute atomic E-state index is 5.91. The molecule has 2 atom stereocenters. The summed E-state index contributed by atoms with van der Waals surface area (Å²) >= 11 is 0. The number of aryl methyl sites for hydroxylation is 1. The molecule has 0 saturated carbocycles. The topological polar surface area (TPSA) is 21.3 Å². The molecule has 0 radical (unpaired) electrons. The minimum Gasteiger partial charge on any atom is -0.493 e. The van der Waals surface area contributed by atoms with Crippen LogP contribution in [0.15, 0.2) is 18.2 Å². The first-order valence-corrected chi connectivity index (χ1v) is 7.20. The number of para-hydroxylation sites is 1. The molecule has 0 aromatic heterocycles. The van der Waals surface area contributed by atoms with Gasteiger partial charge in [0.1, 0.15) is 5.75 Å². The van der Waals surface area contributed by atoms with E-state index in [0.29, 0.717) is 12.1 Å². The molecule has 2 unspecified atom stereocenters. The Balaban J connectivity index is 2.19. The van der Waals surface area contributed by atoms with E-state index in [2.05, 4.69) is 44.3 Å². The van der Waals surface area contributed by atoms with E-state index < -0.39 is 0 Å². The highest BCUT2D eigenvalue weighted by atomic mass is 16.5. The largest absolute Gasteiger partial charge is 0.493 e. The second kappa shape index (κ2) is 6.24. The third-order valence-corrected chi connectivity index (χ3v) is 3.71. The average molecular weight is 247 g/mol. The molecular formula is C16H25NO. The van der Waals surface area contributed by atoms with E-state index in [1.165, 1.54) is 30.4 Å². The van der Waals surface area contributed by atoms with Crippen molar-refractivity contribution in [2.24, 2.45) is 0 Å². The molecule has 18 heavy (non-hydrogen) atoms. The van der Waals surface area contributed by atoms with Gasteiger partial charge in [0.2, 0.25) is 0 Å². The second-order valence-corrected chi connectivity index (χ2v) is 5.39. The fourth-order valence-corrected chi connectivity index (χ4v) is 2.80. The van der Waals surface area contributed by atoms with Crippen LogP contribution in [0.3, 0.4) is 0 Å². The Morgan fingerprint density at radius 3 is 3.06 bits per heavy atom. The lowest BCUT2D eigenvalue weighted by Crippen LogP contribution is -2.30. The summed E-state index contributed by atoms with van der Waals surface area (Å²) in [6, 6.07) is 7.51. The van der Waals surface area contributed by atoms with Gasteiger partial charge in [-0.15, -0.1) is 0 Å². The fraction of sp³-hybridized carbons (Fsp3) is 0.625. The minimum atomic E-state index is 0.448. The van der Waals surface area contributed by atoms with E-state index in [1.54, 1.807) is 0 Å². The van der Waals surface area contributed by atoms with Gasteiger partial charge in [-0.1, -0.05) is 31.5 Å². The molecular weight excluding hydrogens is 222 g/mol. The molecule has 2 rings (SSSR count). The number of benzene rings is 1. The van der Waals surface area contributed by atoms with Crippen LogP contribution in [0.4, 0.5) is 0 Å². The van der Waals surface area contributed by atoms with Crippen LogP contribution < -0.4 is 10.1 Å². The van der Waals surface area contributed by atoms with Gasteiger partial charge < -0.3 is 10.1 Å². The average Bonchev–Trinajstić information content (AvgIpc) is 2.54. The van der Waals surface area contributed by atoms with Crippen molar-refractivity contribution in [3.05, 3.63) is 29.3 Å². The van der Waals surface area contributed by atoms with Gasteiger partial charge in [0.05, 0.1) is 6.61 Å². The number of ether oxygens (including phenoxy) is 1. The summed E-state index contributed by atoms with van der Waals surface area (Å²) in [5.41, 5.74) is 2.60. The van der Waals surface area contributed by atoms with Crippen LogP contribution in [0.5, 0.6) is 5.75 Å². The zero-order chi connectivity index (χ0) is 13.0. The molecule has 2 nitrogen and oxygen atoms in total. The van der Waals surface area contributed by atoms with Crippen molar-refractivity contribution in [2.75, 3.05) is 6.61 Å². The maximum Gasteiger partial charge on any atom is 0.126 e. The third-order valence-electron chi connectivity index (χ3n) is 3.71. The molecule has 2 heteroatoms. The summed E-state index contributed by atoms with van der Waals surface area (Å²) in [6.07, 6.45) is 4.77. The predicted octanol–water partition coefficient (Wildman–Crippen LogP) is 3.99. The van der Waals surface area contributed by atoms with Gasteiger partial charge in [-0.25, -0.2) is 0 Å². The van der Waals surface area contributed by atoms with E-state index in [9.17, 15) is 0 Å². The van der Waals surface area contributed by atoms with Crippen molar-refractivity contribution < 1.29 is 4.74 Å². The third kappa shape index (κ3) is 3.05. The van der Waals surface area contributed by atoms with Gasteiger partial charge in [0.15, 0.2) is 0 Å². The molecule has 1 aromatic carbocycles. The van der Waals surface area contributed by atoms with Gasteiger partial charge >= 0.3 is 0 Å². The standard InChI is InChI=1S/C16H25NO/c1-4-7-13(3)17-15-10-6-11-18-16-12(2)8-5-9-14(15)16/h5,8-9,13,15,17H,4,6-7,10-11H2,1-3H3. The number of fused-ring (bicyclic) bond motifs is 1. The van der Waals surface area contributed by atoms with Crippen molar-refractivity contribution in [1.29, 1.82) is 0 Å². The van der Waals surface area contributed by atoms with Crippen LogP contribution in [-0.2, 0) is 0 Å². The number of rotatable bonds is 4. The Bertz CT molecular complexity index is 389. The fourth-order valence-electron chi connectivity index (χ4n) is 2.80. The number of hydrogen-bond donors (Lipinski definition) is 1. The van der Waals surface area contributed by atoms with E-state index in [4.69, 9.17) is 4.74 Å². The molecule has 0 saturated heterocycles. The normalized spacial score (nSPS) is 20.7. The van der Waals surface area contributed by atoms with Crippen molar-refractivity contribution in [3.8, 4) is 5.75 Å². The van der Waals surface area contributed by atoms with Crippen LogP contribution >= 0.6 is 0 Å². The summed E-state index contributed by atoms with van der Waals surface area (Å²) in [6.45, 7) is 7.51. The van der Waals surface area contributed by atoms with Crippen LogP contribution in [0.2, 0.25) is 0 Å². The van der Waals surface area contributed by atoms with Gasteiger partial charge in [-0.3, -0.25) is 0 Å². The smallest absolute Gasteiger partial charge is 0.126 e. The highest BCUT2D eigenvalue weighted by Crippen LogP contribution is 2.34. The molecule has 0 amide bonds.